The van der Waals surface area contributed by atoms with Gasteiger partial charge in [-0.2, -0.15) is 0 Å². The fourth-order valence-corrected chi connectivity index (χ4v) is 1.69. The van der Waals surface area contributed by atoms with Gasteiger partial charge in [0.05, 0.1) is 0 Å². The van der Waals surface area contributed by atoms with Gasteiger partial charge in [0.25, 0.3) is 0 Å². The fraction of sp³-hybridized carbons (Fsp3) is 0.111. The summed E-state index contributed by atoms with van der Waals surface area (Å²) in [6, 6.07) is 3.06. The van der Waals surface area contributed by atoms with Crippen molar-refractivity contribution in [1.29, 1.82) is 0 Å². The second-order valence-electron chi connectivity index (χ2n) is 3.15. The summed E-state index contributed by atoms with van der Waals surface area (Å²) in [7, 11) is 0. The molecule has 0 aromatic heterocycles. The van der Waals surface area contributed by atoms with Gasteiger partial charge in [0.15, 0.2) is 0 Å². The van der Waals surface area contributed by atoms with Crippen LogP contribution in [0.15, 0.2) is 22.6 Å². The Morgan fingerprint density at radius 3 is 2.47 bits per heavy atom. The highest BCUT2D eigenvalue weighted by atomic mass is 79.9. The Labute approximate surface area is 93.8 Å². The van der Waals surface area contributed by atoms with Gasteiger partial charge in [0, 0.05) is 10.0 Å². The molecular formula is C9H8BBrF3O-. The molecule has 0 aliphatic carbocycles. The lowest BCUT2D eigenvalue weighted by Crippen LogP contribution is -2.09. The molecule has 1 nitrogen and oxygen atoms in total. The molecule has 0 saturated heterocycles. The monoisotopic (exact) mass is 279 g/mol. The molecule has 1 rings (SSSR count). The summed E-state index contributed by atoms with van der Waals surface area (Å²) in [5, 5.41) is 9.49. The van der Waals surface area contributed by atoms with Crippen LogP contribution in [0, 0.1) is 6.92 Å². The van der Waals surface area contributed by atoms with Gasteiger partial charge in [-0.25, -0.2) is 0 Å². The van der Waals surface area contributed by atoms with Crippen LogP contribution >= 0.6 is 15.9 Å². The second kappa shape index (κ2) is 4.30. The molecule has 0 amide bonds. The van der Waals surface area contributed by atoms with E-state index in [2.05, 4.69) is 15.9 Å². The summed E-state index contributed by atoms with van der Waals surface area (Å²) in [5.41, 5.74) is 0.680. The number of benzene rings is 1. The summed E-state index contributed by atoms with van der Waals surface area (Å²) < 4.78 is 36.5. The van der Waals surface area contributed by atoms with Gasteiger partial charge in [-0.05, 0) is 24.6 Å². The van der Waals surface area contributed by atoms with Crippen LogP contribution in [-0.2, 0) is 0 Å². The molecule has 0 spiro atoms. The van der Waals surface area contributed by atoms with E-state index < -0.39 is 6.98 Å². The SMILES string of the molecule is Cc1cc(Br)cc(/C=C/[B-](F)(F)F)c1O. The molecule has 15 heavy (non-hydrogen) atoms. The van der Waals surface area contributed by atoms with Gasteiger partial charge in [-0.1, -0.05) is 22.0 Å². The Morgan fingerprint density at radius 1 is 1.33 bits per heavy atom. The highest BCUT2D eigenvalue weighted by Gasteiger charge is 2.17. The summed E-state index contributed by atoms with van der Waals surface area (Å²) in [4.78, 5) is 0. The normalized spacial score (nSPS) is 12.3. The molecule has 1 aromatic carbocycles. The number of hydrogen-bond donors (Lipinski definition) is 1. The average Bonchev–Trinajstić information content (AvgIpc) is 2.07. The van der Waals surface area contributed by atoms with Crippen LogP contribution in [0.4, 0.5) is 12.9 Å². The van der Waals surface area contributed by atoms with Crippen molar-refractivity contribution in [2.75, 3.05) is 0 Å². The molecule has 1 aromatic rings. The molecule has 0 saturated carbocycles. The van der Waals surface area contributed by atoms with E-state index in [0.717, 1.165) is 6.08 Å². The second-order valence-corrected chi connectivity index (χ2v) is 4.06. The lowest BCUT2D eigenvalue weighted by molar-refractivity contribution is 0.469. The predicted molar refractivity (Wildman–Crippen MR) is 58.7 cm³/mol. The van der Waals surface area contributed by atoms with Crippen LogP contribution in [0.25, 0.3) is 6.08 Å². The lowest BCUT2D eigenvalue weighted by atomic mass is 9.90. The third-order valence-electron chi connectivity index (χ3n) is 1.79. The third kappa shape index (κ3) is 3.62. The molecule has 6 heteroatoms. The van der Waals surface area contributed by atoms with Gasteiger partial charge in [-0.15, -0.1) is 5.98 Å². The molecular weight excluding hydrogens is 272 g/mol. The summed E-state index contributed by atoms with van der Waals surface area (Å²) >= 11 is 3.15. The number of hydrogen-bond acceptors (Lipinski definition) is 1. The average molecular weight is 280 g/mol. The first kappa shape index (κ1) is 12.2. The van der Waals surface area contributed by atoms with E-state index in [9.17, 15) is 18.1 Å². The van der Waals surface area contributed by atoms with E-state index in [4.69, 9.17) is 0 Å². The van der Waals surface area contributed by atoms with Crippen LogP contribution < -0.4 is 0 Å². The lowest BCUT2D eigenvalue weighted by Gasteiger charge is -2.08. The highest BCUT2D eigenvalue weighted by Crippen LogP contribution is 2.28. The van der Waals surface area contributed by atoms with Crippen molar-refractivity contribution in [3.05, 3.63) is 33.7 Å². The maximum atomic E-state index is 12.0. The molecule has 0 radical (unpaired) electrons. The zero-order chi connectivity index (χ0) is 11.6. The van der Waals surface area contributed by atoms with E-state index in [-0.39, 0.29) is 17.3 Å². The van der Waals surface area contributed by atoms with Crippen molar-refractivity contribution in [3.63, 3.8) is 0 Å². The minimum atomic E-state index is -4.97. The molecule has 0 aliphatic rings. The molecule has 0 aliphatic heterocycles. The number of aryl methyl sites for hydroxylation is 1. The smallest absolute Gasteiger partial charge is 0.502 e. The van der Waals surface area contributed by atoms with Gasteiger partial charge < -0.3 is 18.1 Å². The van der Waals surface area contributed by atoms with Gasteiger partial charge in [0.1, 0.15) is 5.75 Å². The van der Waals surface area contributed by atoms with Crippen molar-refractivity contribution >= 4 is 29.0 Å². The predicted octanol–water partition coefficient (Wildman–Crippen LogP) is 3.86. The van der Waals surface area contributed by atoms with Crippen LogP contribution in [0.2, 0.25) is 0 Å². The number of phenolic OH excluding ortho intramolecular Hbond substituents is 1. The topological polar surface area (TPSA) is 20.2 Å². The van der Waals surface area contributed by atoms with Crippen LogP contribution in [0.1, 0.15) is 11.1 Å². The van der Waals surface area contributed by atoms with Crippen molar-refractivity contribution in [2.24, 2.45) is 0 Å². The Balaban J connectivity index is 3.10. The summed E-state index contributed by atoms with van der Waals surface area (Å²) in [6.07, 6.45) is 0.868. The number of aromatic hydroxyl groups is 1. The van der Waals surface area contributed by atoms with Crippen molar-refractivity contribution in [1.82, 2.24) is 0 Å². The first-order valence-electron chi connectivity index (χ1n) is 4.18. The van der Waals surface area contributed by atoms with Gasteiger partial charge in [-0.3, -0.25) is 0 Å². The largest absolute Gasteiger partial charge is 0.507 e. The molecule has 0 unspecified atom stereocenters. The third-order valence-corrected chi connectivity index (χ3v) is 2.25. The Bertz CT molecular complexity index is 401. The van der Waals surface area contributed by atoms with Crippen LogP contribution in [-0.4, -0.2) is 12.1 Å². The number of halogens is 4. The van der Waals surface area contributed by atoms with Crippen LogP contribution in [0.5, 0.6) is 5.75 Å². The number of rotatable bonds is 2. The Hall–Kier alpha value is -0.905. The molecule has 1 N–H and O–H groups in total. The first-order chi connectivity index (χ1) is 6.79. The van der Waals surface area contributed by atoms with Gasteiger partial charge in [0.2, 0.25) is 0 Å². The van der Waals surface area contributed by atoms with E-state index in [1.807, 2.05) is 0 Å². The summed E-state index contributed by atoms with van der Waals surface area (Å²) in [6.45, 7) is -3.35. The van der Waals surface area contributed by atoms with E-state index in [1.54, 1.807) is 13.0 Å². The Morgan fingerprint density at radius 2 is 1.93 bits per heavy atom. The van der Waals surface area contributed by atoms with E-state index >= 15 is 0 Å². The Kier molecular flexibility index (Phi) is 3.49. The molecule has 0 heterocycles. The molecule has 0 atom stereocenters. The minimum absolute atomic E-state index is 0.130. The van der Waals surface area contributed by atoms with Gasteiger partial charge >= 0.3 is 6.98 Å². The molecule has 82 valence electrons. The minimum Gasteiger partial charge on any atom is -0.507 e. The number of phenols is 1. The zero-order valence-electron chi connectivity index (χ0n) is 7.85. The maximum absolute atomic E-state index is 12.0. The zero-order valence-corrected chi connectivity index (χ0v) is 9.43. The van der Waals surface area contributed by atoms with Crippen LogP contribution in [0.3, 0.4) is 0 Å². The highest BCUT2D eigenvalue weighted by molar-refractivity contribution is 9.10. The van der Waals surface area contributed by atoms with E-state index in [0.29, 0.717) is 10.0 Å². The molecule has 0 fully saturated rings. The van der Waals surface area contributed by atoms with Crippen molar-refractivity contribution in [2.45, 2.75) is 6.92 Å². The quantitative estimate of drug-likeness (QED) is 0.815. The molecule has 0 bridgehead atoms. The van der Waals surface area contributed by atoms with Crippen molar-refractivity contribution < 1.29 is 18.1 Å². The first-order valence-corrected chi connectivity index (χ1v) is 4.97. The maximum Gasteiger partial charge on any atom is 0.502 e. The van der Waals surface area contributed by atoms with Crippen molar-refractivity contribution in [3.8, 4) is 5.75 Å². The summed E-state index contributed by atoms with van der Waals surface area (Å²) in [5.74, 6) is 0.0236. The fourth-order valence-electron chi connectivity index (χ4n) is 1.10. The standard InChI is InChI=1S/C9H8BBrF3O/c1-6-4-8(11)5-7(9(6)15)2-3-10(12,13)14/h2-5,15H,1H3/q-1/b3-2+. The van der Waals surface area contributed by atoms with E-state index in [1.165, 1.54) is 6.07 Å².